The first-order valence-corrected chi connectivity index (χ1v) is 13.1. The number of fused-ring (bicyclic) bond motifs is 1. The average molecular weight is 523 g/mol. The lowest BCUT2D eigenvalue weighted by Gasteiger charge is -2.12. The van der Waals surface area contributed by atoms with Gasteiger partial charge in [0.2, 0.25) is 0 Å². The number of ether oxygens (including phenoxy) is 1. The number of rotatable bonds is 8. The second-order valence-corrected chi connectivity index (χ2v) is 10.1. The zero-order valence-electron chi connectivity index (χ0n) is 20.8. The Kier molecular flexibility index (Phi) is 7.56. The summed E-state index contributed by atoms with van der Waals surface area (Å²) in [6.07, 6.45) is 2.39. The second kappa shape index (κ2) is 11.4. The Bertz CT molecular complexity index is 1560. The van der Waals surface area contributed by atoms with Crippen molar-refractivity contribution in [1.29, 1.82) is 0 Å². The quantitative estimate of drug-likeness (QED) is 0.253. The molecule has 0 aliphatic carbocycles. The predicted molar refractivity (Wildman–Crippen MR) is 153 cm³/mol. The first-order valence-electron chi connectivity index (χ1n) is 12.2. The molecule has 2 N–H and O–H groups in total. The van der Waals surface area contributed by atoms with Gasteiger partial charge in [0.1, 0.15) is 12.4 Å². The number of carbonyl (C=O) groups excluding carboxylic acids is 1. The van der Waals surface area contributed by atoms with Crippen molar-refractivity contribution in [3.63, 3.8) is 0 Å². The lowest BCUT2D eigenvalue weighted by molar-refractivity contribution is -0.137. The van der Waals surface area contributed by atoms with Gasteiger partial charge in [-0.3, -0.25) is 9.59 Å². The number of carboxylic acids is 1. The molecule has 0 radical (unpaired) electrons. The van der Waals surface area contributed by atoms with Crippen molar-refractivity contribution >= 4 is 51.3 Å². The van der Waals surface area contributed by atoms with Crippen LogP contribution in [0.3, 0.4) is 0 Å². The normalized spacial score (nSPS) is 15.2. The van der Waals surface area contributed by atoms with Crippen LogP contribution in [-0.2, 0) is 22.6 Å². The summed E-state index contributed by atoms with van der Waals surface area (Å²) in [5, 5.41) is 14.3. The van der Waals surface area contributed by atoms with E-state index in [0.717, 1.165) is 27.5 Å². The largest absolute Gasteiger partial charge is 0.488 e. The first-order chi connectivity index (χ1) is 18.4. The summed E-state index contributed by atoms with van der Waals surface area (Å²) in [5.74, 6) is -0.342. The van der Waals surface area contributed by atoms with Crippen molar-refractivity contribution in [2.45, 2.75) is 26.4 Å². The minimum atomic E-state index is -0.825. The maximum atomic E-state index is 12.8. The molecule has 1 aliphatic rings. The van der Waals surface area contributed by atoms with Gasteiger partial charge in [-0.2, -0.15) is 0 Å². The number of aliphatic carboxylic acids is 1. The fraction of sp³-hybridized carbons (Fsp3) is 0.129. The second-order valence-electron chi connectivity index (χ2n) is 9.05. The van der Waals surface area contributed by atoms with Crippen molar-refractivity contribution in [1.82, 2.24) is 5.32 Å². The zero-order chi connectivity index (χ0) is 26.5. The average Bonchev–Trinajstić information content (AvgIpc) is 3.26. The van der Waals surface area contributed by atoms with Crippen LogP contribution in [0.15, 0.2) is 94.8 Å². The maximum Gasteiger partial charge on any atom is 0.303 e. The van der Waals surface area contributed by atoms with E-state index >= 15 is 0 Å². The number of nitrogens with zero attached hydrogens (tertiary/aromatic N) is 1. The summed E-state index contributed by atoms with van der Waals surface area (Å²) in [4.78, 5) is 28.7. The fourth-order valence-electron chi connectivity index (χ4n) is 4.05. The van der Waals surface area contributed by atoms with Crippen molar-refractivity contribution in [2.24, 2.45) is 4.99 Å². The van der Waals surface area contributed by atoms with E-state index in [1.165, 1.54) is 17.3 Å². The molecule has 0 aromatic heterocycles. The standard InChI is InChI=1S/C31H26N2O4S/c1-20-6-8-22(9-7-20)19-37-27-17-24-5-3-2-4-23(24)16-25(27)18-28-30(36)33-31(38-28)32-26-13-10-21(11-14-26)12-15-29(34)35/h2-11,13-14,16-18H,12,15,19H2,1H3,(H,34,35)(H,32,33,36). The summed E-state index contributed by atoms with van der Waals surface area (Å²) in [6, 6.07) is 27.7. The highest BCUT2D eigenvalue weighted by molar-refractivity contribution is 8.18. The fourth-order valence-corrected chi connectivity index (χ4v) is 4.88. The van der Waals surface area contributed by atoms with Gasteiger partial charge < -0.3 is 15.2 Å². The molecule has 6 nitrogen and oxygen atoms in total. The number of nitrogens with one attached hydrogen (secondary N) is 1. The number of aliphatic imine (C=N–C) groups is 1. The van der Waals surface area contributed by atoms with Crippen LogP contribution in [0.1, 0.15) is 28.7 Å². The van der Waals surface area contributed by atoms with Crippen molar-refractivity contribution in [3.05, 3.63) is 112 Å². The molecule has 1 saturated heterocycles. The molecule has 38 heavy (non-hydrogen) atoms. The summed E-state index contributed by atoms with van der Waals surface area (Å²) < 4.78 is 6.23. The van der Waals surface area contributed by atoms with Gasteiger partial charge in [0, 0.05) is 12.0 Å². The topological polar surface area (TPSA) is 88.0 Å². The number of hydrogen-bond acceptors (Lipinski definition) is 5. The molecule has 1 amide bonds. The Balaban J connectivity index is 1.38. The summed E-state index contributed by atoms with van der Waals surface area (Å²) in [7, 11) is 0. The Morgan fingerprint density at radius 1 is 0.974 bits per heavy atom. The van der Waals surface area contributed by atoms with E-state index in [-0.39, 0.29) is 12.3 Å². The molecule has 0 spiro atoms. The van der Waals surface area contributed by atoms with Gasteiger partial charge in [0.05, 0.1) is 10.6 Å². The third-order valence-corrected chi connectivity index (χ3v) is 7.03. The lowest BCUT2D eigenvalue weighted by Crippen LogP contribution is -2.19. The van der Waals surface area contributed by atoms with E-state index < -0.39 is 5.97 Å². The van der Waals surface area contributed by atoms with Gasteiger partial charge >= 0.3 is 5.97 Å². The minimum Gasteiger partial charge on any atom is -0.488 e. The van der Waals surface area contributed by atoms with Gasteiger partial charge in [0.15, 0.2) is 5.17 Å². The third kappa shape index (κ3) is 6.30. The highest BCUT2D eigenvalue weighted by Crippen LogP contribution is 2.33. The molecule has 0 saturated carbocycles. The Labute approximate surface area is 225 Å². The van der Waals surface area contributed by atoms with Gasteiger partial charge in [-0.1, -0.05) is 66.2 Å². The molecule has 5 rings (SSSR count). The van der Waals surface area contributed by atoms with Crippen molar-refractivity contribution in [2.75, 3.05) is 0 Å². The van der Waals surface area contributed by atoms with Crippen LogP contribution in [-0.4, -0.2) is 22.2 Å². The number of aryl methyl sites for hydroxylation is 2. The van der Waals surface area contributed by atoms with E-state index in [1.54, 1.807) is 0 Å². The molecule has 1 aliphatic heterocycles. The molecule has 0 bridgehead atoms. The zero-order valence-corrected chi connectivity index (χ0v) is 21.6. The maximum absolute atomic E-state index is 12.8. The summed E-state index contributed by atoms with van der Waals surface area (Å²) in [5.41, 5.74) is 4.69. The number of carboxylic acid groups (broad SMARTS) is 1. The highest BCUT2D eigenvalue weighted by atomic mass is 32.2. The van der Waals surface area contributed by atoms with E-state index in [4.69, 9.17) is 9.84 Å². The molecule has 0 atom stereocenters. The molecule has 190 valence electrons. The van der Waals surface area contributed by atoms with Crippen LogP contribution in [0.4, 0.5) is 5.69 Å². The number of hydrogen-bond donors (Lipinski definition) is 2. The monoisotopic (exact) mass is 522 g/mol. The van der Waals surface area contributed by atoms with Crippen molar-refractivity contribution in [3.8, 4) is 5.75 Å². The van der Waals surface area contributed by atoms with E-state index in [9.17, 15) is 9.59 Å². The van der Waals surface area contributed by atoms with E-state index in [0.29, 0.717) is 34.5 Å². The van der Waals surface area contributed by atoms with Crippen LogP contribution in [0.2, 0.25) is 0 Å². The number of carbonyl (C=O) groups is 2. The van der Waals surface area contributed by atoms with Gasteiger partial charge in [-0.05, 0) is 77.3 Å². The number of amides is 1. The summed E-state index contributed by atoms with van der Waals surface area (Å²) in [6.45, 7) is 2.47. The van der Waals surface area contributed by atoms with Crippen LogP contribution in [0.25, 0.3) is 16.8 Å². The SMILES string of the molecule is Cc1ccc(COc2cc3ccccc3cc2C=C2SC(=Nc3ccc(CCC(=O)O)cc3)NC2=O)cc1. The molecular weight excluding hydrogens is 496 g/mol. The number of amidine groups is 1. The number of benzene rings is 4. The Hall–Kier alpha value is -4.36. The van der Waals surface area contributed by atoms with Crippen LogP contribution < -0.4 is 10.1 Å². The third-order valence-electron chi connectivity index (χ3n) is 6.13. The molecule has 4 aromatic carbocycles. The van der Waals surface area contributed by atoms with Gasteiger partial charge in [-0.25, -0.2) is 4.99 Å². The lowest BCUT2D eigenvalue weighted by atomic mass is 10.1. The minimum absolute atomic E-state index is 0.0828. The molecule has 0 unspecified atom stereocenters. The molecular formula is C31H26N2O4S. The highest BCUT2D eigenvalue weighted by Gasteiger charge is 2.24. The molecule has 1 fully saturated rings. The first kappa shape index (κ1) is 25.3. The molecule has 4 aromatic rings. The van der Waals surface area contributed by atoms with E-state index in [2.05, 4.69) is 41.5 Å². The van der Waals surface area contributed by atoms with Gasteiger partial charge in [-0.15, -0.1) is 0 Å². The Morgan fingerprint density at radius 2 is 1.66 bits per heavy atom. The smallest absolute Gasteiger partial charge is 0.303 e. The number of thioether (sulfide) groups is 1. The predicted octanol–water partition coefficient (Wildman–Crippen LogP) is 6.64. The van der Waals surface area contributed by atoms with Crippen LogP contribution in [0, 0.1) is 6.92 Å². The van der Waals surface area contributed by atoms with Crippen LogP contribution in [0.5, 0.6) is 5.75 Å². The Morgan fingerprint density at radius 3 is 2.37 bits per heavy atom. The van der Waals surface area contributed by atoms with Crippen LogP contribution >= 0.6 is 11.8 Å². The van der Waals surface area contributed by atoms with Gasteiger partial charge in [0.25, 0.3) is 5.91 Å². The molecule has 1 heterocycles. The van der Waals surface area contributed by atoms with E-state index in [1.807, 2.05) is 66.7 Å². The molecule has 7 heteroatoms. The summed E-state index contributed by atoms with van der Waals surface area (Å²) >= 11 is 1.27. The van der Waals surface area contributed by atoms with Crippen molar-refractivity contribution < 1.29 is 19.4 Å².